The zero-order chi connectivity index (χ0) is 16.7. The molecule has 0 bridgehead atoms. The molecule has 0 heterocycles. The van der Waals surface area contributed by atoms with E-state index in [2.05, 4.69) is 10.6 Å². The normalized spacial score (nSPS) is 10.1. The highest BCUT2D eigenvalue weighted by atomic mass is 19.1. The third-order valence-corrected chi connectivity index (χ3v) is 3.17. The van der Waals surface area contributed by atoms with Gasteiger partial charge in [0.05, 0.1) is 11.5 Å². The number of hydrogen-bond donors (Lipinski definition) is 2. The molecule has 0 unspecified atom stereocenters. The summed E-state index contributed by atoms with van der Waals surface area (Å²) in [5, 5.41) is 16.1. The van der Waals surface area contributed by atoms with Gasteiger partial charge in [0.2, 0.25) is 11.7 Å². The molecule has 0 atom stereocenters. The average Bonchev–Trinajstić information content (AvgIpc) is 2.55. The van der Waals surface area contributed by atoms with Crippen LogP contribution in [-0.4, -0.2) is 23.9 Å². The molecule has 2 rings (SSSR count). The van der Waals surface area contributed by atoms with Crippen molar-refractivity contribution in [1.82, 2.24) is 5.32 Å². The van der Waals surface area contributed by atoms with Gasteiger partial charge < -0.3 is 10.6 Å². The Morgan fingerprint density at radius 3 is 2.61 bits per heavy atom. The van der Waals surface area contributed by atoms with Gasteiger partial charge in [-0.3, -0.25) is 14.9 Å². The fourth-order valence-electron chi connectivity index (χ4n) is 2.00. The van der Waals surface area contributed by atoms with E-state index in [0.717, 1.165) is 17.7 Å². The van der Waals surface area contributed by atoms with Crippen LogP contribution in [-0.2, 0) is 11.2 Å². The molecular weight excluding hydrogens is 301 g/mol. The number of nitrogens with one attached hydrogen (secondary N) is 2. The van der Waals surface area contributed by atoms with E-state index >= 15 is 0 Å². The molecule has 2 N–H and O–H groups in total. The molecule has 120 valence electrons. The maximum absolute atomic E-state index is 13.2. The fourth-order valence-corrected chi connectivity index (χ4v) is 2.00. The number of benzene rings is 2. The van der Waals surface area contributed by atoms with Crippen molar-refractivity contribution in [2.75, 3.05) is 18.4 Å². The maximum Gasteiger partial charge on any atom is 0.306 e. The Hall–Kier alpha value is -2.96. The van der Waals surface area contributed by atoms with Crippen molar-refractivity contribution < 1.29 is 14.1 Å². The number of nitrogens with zero attached hydrogens (tertiary/aromatic N) is 1. The highest BCUT2D eigenvalue weighted by molar-refractivity contribution is 5.80. The lowest BCUT2D eigenvalue weighted by molar-refractivity contribution is -0.387. The molecule has 2 aromatic carbocycles. The first kappa shape index (κ1) is 16.4. The van der Waals surface area contributed by atoms with Gasteiger partial charge in [0.1, 0.15) is 0 Å². The van der Waals surface area contributed by atoms with Crippen molar-refractivity contribution in [2.24, 2.45) is 0 Å². The lowest BCUT2D eigenvalue weighted by Gasteiger charge is -2.08. The molecule has 1 amide bonds. The Morgan fingerprint density at radius 1 is 1.17 bits per heavy atom. The standard InChI is InChI=1S/C16H16FN3O3/c17-14-7-6-13(10-15(14)20(22)23)19-11-16(21)18-9-8-12-4-2-1-3-5-12/h1-7,10,19H,8-9,11H2,(H,18,21). The number of halogens is 1. The fraction of sp³-hybridized carbons (Fsp3) is 0.188. The van der Waals surface area contributed by atoms with Crippen LogP contribution in [0, 0.1) is 15.9 Å². The van der Waals surface area contributed by atoms with Gasteiger partial charge >= 0.3 is 5.69 Å². The van der Waals surface area contributed by atoms with Gasteiger partial charge in [-0.05, 0) is 24.1 Å². The van der Waals surface area contributed by atoms with Gasteiger partial charge in [-0.1, -0.05) is 30.3 Å². The summed E-state index contributed by atoms with van der Waals surface area (Å²) >= 11 is 0. The second-order valence-electron chi connectivity index (χ2n) is 4.86. The lowest BCUT2D eigenvalue weighted by Crippen LogP contribution is -2.31. The number of hydrogen-bond acceptors (Lipinski definition) is 4. The van der Waals surface area contributed by atoms with Crippen LogP contribution in [0.4, 0.5) is 15.8 Å². The molecule has 2 aromatic rings. The molecule has 0 aromatic heterocycles. The maximum atomic E-state index is 13.2. The molecule has 6 nitrogen and oxygen atoms in total. The zero-order valence-electron chi connectivity index (χ0n) is 12.3. The highest BCUT2D eigenvalue weighted by Crippen LogP contribution is 2.21. The van der Waals surface area contributed by atoms with Gasteiger partial charge in [-0.15, -0.1) is 0 Å². The van der Waals surface area contributed by atoms with E-state index < -0.39 is 16.4 Å². The molecule has 23 heavy (non-hydrogen) atoms. The summed E-state index contributed by atoms with van der Waals surface area (Å²) in [5.41, 5.74) is 0.811. The highest BCUT2D eigenvalue weighted by Gasteiger charge is 2.14. The SMILES string of the molecule is O=C(CNc1ccc(F)c([N+](=O)[O-])c1)NCCc1ccccc1. The van der Waals surface area contributed by atoms with Crippen molar-refractivity contribution in [3.8, 4) is 0 Å². The third-order valence-electron chi connectivity index (χ3n) is 3.17. The Bertz CT molecular complexity index is 692. The largest absolute Gasteiger partial charge is 0.376 e. The van der Waals surface area contributed by atoms with Crippen molar-refractivity contribution >= 4 is 17.3 Å². The Balaban J connectivity index is 1.78. The first-order valence-electron chi connectivity index (χ1n) is 7.04. The average molecular weight is 317 g/mol. The Labute approximate surface area is 132 Å². The van der Waals surface area contributed by atoms with Gasteiger partial charge in [0.15, 0.2) is 0 Å². The summed E-state index contributed by atoms with van der Waals surface area (Å²) < 4.78 is 13.2. The van der Waals surface area contributed by atoms with Crippen molar-refractivity contribution in [2.45, 2.75) is 6.42 Å². The number of carbonyl (C=O) groups is 1. The van der Waals surface area contributed by atoms with Gasteiger partial charge in [-0.2, -0.15) is 4.39 Å². The van der Waals surface area contributed by atoms with Crippen LogP contribution in [0.3, 0.4) is 0 Å². The van der Waals surface area contributed by atoms with Crippen LogP contribution >= 0.6 is 0 Å². The van der Waals surface area contributed by atoms with Crippen LogP contribution < -0.4 is 10.6 Å². The molecule has 0 saturated heterocycles. The molecular formula is C16H16FN3O3. The van der Waals surface area contributed by atoms with E-state index in [4.69, 9.17) is 0 Å². The van der Waals surface area contributed by atoms with Gasteiger partial charge in [-0.25, -0.2) is 0 Å². The summed E-state index contributed by atoms with van der Waals surface area (Å²) in [4.78, 5) is 21.6. The molecule has 0 radical (unpaired) electrons. The minimum atomic E-state index is -0.909. The molecule has 0 aliphatic rings. The monoisotopic (exact) mass is 317 g/mol. The lowest BCUT2D eigenvalue weighted by atomic mass is 10.1. The molecule has 0 aliphatic carbocycles. The summed E-state index contributed by atoms with van der Waals surface area (Å²) in [6.45, 7) is 0.450. The smallest absolute Gasteiger partial charge is 0.306 e. The predicted octanol–water partition coefficient (Wildman–Crippen LogP) is 2.50. The van der Waals surface area contributed by atoms with E-state index in [1.807, 2.05) is 30.3 Å². The number of carbonyl (C=O) groups excluding carboxylic acids is 1. The third kappa shape index (κ3) is 5.06. The second-order valence-corrected chi connectivity index (χ2v) is 4.86. The number of amides is 1. The first-order valence-corrected chi connectivity index (χ1v) is 7.04. The van der Waals surface area contributed by atoms with Crippen molar-refractivity contribution in [3.05, 3.63) is 70.0 Å². The Morgan fingerprint density at radius 2 is 1.91 bits per heavy atom. The second kappa shape index (κ2) is 7.88. The van der Waals surface area contributed by atoms with Crippen molar-refractivity contribution in [1.29, 1.82) is 0 Å². The minimum Gasteiger partial charge on any atom is -0.376 e. The van der Waals surface area contributed by atoms with Crippen LogP contribution in [0.25, 0.3) is 0 Å². The zero-order valence-corrected chi connectivity index (χ0v) is 12.3. The number of nitro benzene ring substituents is 1. The Kier molecular flexibility index (Phi) is 5.62. The van der Waals surface area contributed by atoms with E-state index in [9.17, 15) is 19.3 Å². The first-order chi connectivity index (χ1) is 11.1. The summed E-state index contributed by atoms with van der Waals surface area (Å²) in [6, 6.07) is 13.1. The molecule has 7 heteroatoms. The van der Waals surface area contributed by atoms with Gasteiger partial charge in [0.25, 0.3) is 0 Å². The van der Waals surface area contributed by atoms with E-state index in [1.165, 1.54) is 6.07 Å². The van der Waals surface area contributed by atoms with Crippen molar-refractivity contribution in [3.63, 3.8) is 0 Å². The summed E-state index contributed by atoms with van der Waals surface area (Å²) in [7, 11) is 0. The predicted molar refractivity (Wildman–Crippen MR) is 84.7 cm³/mol. The van der Waals surface area contributed by atoms with E-state index in [1.54, 1.807) is 0 Å². The molecule has 0 aliphatic heterocycles. The van der Waals surface area contributed by atoms with Crippen LogP contribution in [0.15, 0.2) is 48.5 Å². The molecule has 0 fully saturated rings. The van der Waals surface area contributed by atoms with E-state index in [0.29, 0.717) is 18.7 Å². The molecule has 0 saturated carbocycles. The summed E-state index contributed by atoms with van der Waals surface area (Å²) in [5.74, 6) is -1.15. The molecule has 0 spiro atoms. The quantitative estimate of drug-likeness (QED) is 0.607. The van der Waals surface area contributed by atoms with Crippen LogP contribution in [0.1, 0.15) is 5.56 Å². The van der Waals surface area contributed by atoms with Gasteiger partial charge in [0, 0.05) is 18.3 Å². The van der Waals surface area contributed by atoms with Crippen LogP contribution in [0.5, 0.6) is 0 Å². The number of anilines is 1. The summed E-state index contributed by atoms with van der Waals surface area (Å²) in [6.07, 6.45) is 0.717. The number of rotatable bonds is 7. The topological polar surface area (TPSA) is 84.3 Å². The minimum absolute atomic E-state index is 0.0441. The van der Waals surface area contributed by atoms with Crippen LogP contribution in [0.2, 0.25) is 0 Å². The number of nitro groups is 1. The van der Waals surface area contributed by atoms with E-state index in [-0.39, 0.29) is 12.5 Å².